The first-order valence-corrected chi connectivity index (χ1v) is 12.4. The predicted molar refractivity (Wildman–Crippen MR) is 123 cm³/mol. The van der Waals surface area contributed by atoms with E-state index in [0.29, 0.717) is 16.3 Å². The van der Waals surface area contributed by atoms with Crippen LogP contribution in [-0.4, -0.2) is 62.9 Å². The Labute approximate surface area is 186 Å². The lowest BCUT2D eigenvalue weighted by Gasteiger charge is -2.34. The van der Waals surface area contributed by atoms with Crippen molar-refractivity contribution in [3.63, 3.8) is 0 Å². The number of hydrogen-bond donors (Lipinski definition) is 1. The van der Waals surface area contributed by atoms with Gasteiger partial charge in [0.2, 0.25) is 15.7 Å². The van der Waals surface area contributed by atoms with Crippen LogP contribution < -0.4 is 5.32 Å². The minimum Gasteiger partial charge on any atom is -0.353 e. The molecule has 1 atom stereocenters. The van der Waals surface area contributed by atoms with E-state index >= 15 is 0 Å². The first kappa shape index (κ1) is 23.4. The smallest absolute Gasteiger partial charge is 0.234 e. The summed E-state index contributed by atoms with van der Waals surface area (Å²) in [5.74, 6) is 0.0909. The SMILES string of the molecule is CCC(C)NC(=O)CN1CCN(Cc2ccc(S(=O)(=O)c3ccc(C)cc3)cc2)CC1. The second kappa shape index (κ2) is 10.4. The Balaban J connectivity index is 1.52. The van der Waals surface area contributed by atoms with Crippen LogP contribution in [0.25, 0.3) is 0 Å². The van der Waals surface area contributed by atoms with E-state index in [2.05, 4.69) is 22.0 Å². The van der Waals surface area contributed by atoms with Crippen molar-refractivity contribution in [2.45, 2.75) is 49.6 Å². The van der Waals surface area contributed by atoms with Crippen LogP contribution in [0.4, 0.5) is 0 Å². The van der Waals surface area contributed by atoms with Crippen molar-refractivity contribution in [3.05, 3.63) is 59.7 Å². The molecule has 31 heavy (non-hydrogen) atoms. The molecule has 1 saturated heterocycles. The maximum Gasteiger partial charge on any atom is 0.234 e. The molecule has 0 bridgehead atoms. The molecule has 1 aliphatic rings. The summed E-state index contributed by atoms with van der Waals surface area (Å²) in [5, 5.41) is 3.02. The Hall–Kier alpha value is -2.22. The molecule has 1 unspecified atom stereocenters. The first-order chi connectivity index (χ1) is 14.8. The summed E-state index contributed by atoms with van der Waals surface area (Å²) >= 11 is 0. The highest BCUT2D eigenvalue weighted by Crippen LogP contribution is 2.22. The number of hydrogen-bond acceptors (Lipinski definition) is 5. The van der Waals surface area contributed by atoms with Gasteiger partial charge in [0.15, 0.2) is 0 Å². The van der Waals surface area contributed by atoms with Gasteiger partial charge in [-0.15, -0.1) is 0 Å². The number of piperazine rings is 1. The van der Waals surface area contributed by atoms with Crippen molar-refractivity contribution in [1.82, 2.24) is 15.1 Å². The van der Waals surface area contributed by atoms with Gasteiger partial charge in [-0.3, -0.25) is 14.6 Å². The number of benzene rings is 2. The fourth-order valence-corrected chi connectivity index (χ4v) is 4.88. The molecule has 1 heterocycles. The quantitative estimate of drug-likeness (QED) is 0.679. The molecule has 2 aromatic rings. The van der Waals surface area contributed by atoms with Gasteiger partial charge < -0.3 is 5.32 Å². The number of carbonyl (C=O) groups is 1. The van der Waals surface area contributed by atoms with Crippen molar-refractivity contribution in [1.29, 1.82) is 0 Å². The standard InChI is InChI=1S/C24H33N3O3S/c1-4-20(3)25-24(28)18-27-15-13-26(14-16-27)17-21-7-11-23(12-8-21)31(29,30)22-9-5-19(2)6-10-22/h5-12,20H,4,13-18H2,1-3H3,(H,25,28). The zero-order chi connectivity index (χ0) is 22.4. The zero-order valence-electron chi connectivity index (χ0n) is 18.7. The predicted octanol–water partition coefficient (Wildman–Crippen LogP) is 2.86. The Morgan fingerprint density at radius 3 is 2.00 bits per heavy atom. The fourth-order valence-electron chi connectivity index (χ4n) is 3.62. The highest BCUT2D eigenvalue weighted by atomic mass is 32.2. The summed E-state index contributed by atoms with van der Waals surface area (Å²) in [4.78, 5) is 17.2. The van der Waals surface area contributed by atoms with Gasteiger partial charge >= 0.3 is 0 Å². The Morgan fingerprint density at radius 2 is 1.45 bits per heavy atom. The van der Waals surface area contributed by atoms with Gasteiger partial charge in [0.1, 0.15) is 0 Å². The summed E-state index contributed by atoms with van der Waals surface area (Å²) in [7, 11) is -3.49. The van der Waals surface area contributed by atoms with Crippen LogP contribution in [0.2, 0.25) is 0 Å². The molecule has 0 aromatic heterocycles. The highest BCUT2D eigenvalue weighted by Gasteiger charge is 2.20. The number of aryl methyl sites for hydroxylation is 1. The van der Waals surface area contributed by atoms with Crippen molar-refractivity contribution in [3.8, 4) is 0 Å². The van der Waals surface area contributed by atoms with E-state index in [1.165, 1.54) is 0 Å². The van der Waals surface area contributed by atoms with E-state index in [-0.39, 0.29) is 11.9 Å². The molecule has 1 aliphatic heterocycles. The summed E-state index contributed by atoms with van der Waals surface area (Å²) < 4.78 is 25.6. The first-order valence-electron chi connectivity index (χ1n) is 10.9. The molecule has 2 aromatic carbocycles. The fraction of sp³-hybridized carbons (Fsp3) is 0.458. The molecule has 3 rings (SSSR count). The van der Waals surface area contributed by atoms with E-state index in [4.69, 9.17) is 0 Å². The van der Waals surface area contributed by atoms with Crippen LogP contribution >= 0.6 is 0 Å². The van der Waals surface area contributed by atoms with Gasteiger partial charge in [-0.1, -0.05) is 36.8 Å². The number of nitrogens with zero attached hydrogens (tertiary/aromatic N) is 2. The number of amides is 1. The maximum absolute atomic E-state index is 12.8. The molecule has 1 fully saturated rings. The molecule has 7 heteroatoms. The van der Waals surface area contributed by atoms with Crippen LogP contribution in [0.5, 0.6) is 0 Å². The van der Waals surface area contributed by atoms with Crippen molar-refractivity contribution in [2.24, 2.45) is 0 Å². The van der Waals surface area contributed by atoms with E-state index < -0.39 is 9.84 Å². The van der Waals surface area contributed by atoms with E-state index in [1.54, 1.807) is 24.3 Å². The van der Waals surface area contributed by atoms with Gasteiger partial charge in [-0.25, -0.2) is 8.42 Å². The molecule has 0 saturated carbocycles. The second-order valence-corrected chi connectivity index (χ2v) is 10.3. The van der Waals surface area contributed by atoms with Gasteiger partial charge in [0.25, 0.3) is 0 Å². The van der Waals surface area contributed by atoms with Crippen molar-refractivity contribution >= 4 is 15.7 Å². The third kappa shape index (κ3) is 6.38. The summed E-state index contributed by atoms with van der Waals surface area (Å²) in [6, 6.07) is 14.3. The lowest BCUT2D eigenvalue weighted by molar-refractivity contribution is -0.123. The molecule has 168 valence electrons. The van der Waals surface area contributed by atoms with Crippen LogP contribution in [0.3, 0.4) is 0 Å². The third-order valence-corrected chi connectivity index (χ3v) is 7.61. The third-order valence-electron chi connectivity index (χ3n) is 5.82. The molecule has 0 radical (unpaired) electrons. The molecule has 6 nitrogen and oxygen atoms in total. The zero-order valence-corrected chi connectivity index (χ0v) is 19.5. The highest BCUT2D eigenvalue weighted by molar-refractivity contribution is 7.91. The Kier molecular flexibility index (Phi) is 7.86. The monoisotopic (exact) mass is 443 g/mol. The number of sulfone groups is 1. The average Bonchev–Trinajstić information content (AvgIpc) is 2.75. The van der Waals surface area contributed by atoms with Gasteiger partial charge in [-0.05, 0) is 50.1 Å². The van der Waals surface area contributed by atoms with Crippen LogP contribution in [0.1, 0.15) is 31.4 Å². The largest absolute Gasteiger partial charge is 0.353 e. The number of nitrogens with one attached hydrogen (secondary N) is 1. The minimum absolute atomic E-state index is 0.0909. The van der Waals surface area contributed by atoms with Gasteiger partial charge in [0.05, 0.1) is 16.3 Å². The molecular weight excluding hydrogens is 410 g/mol. The van der Waals surface area contributed by atoms with Crippen molar-refractivity contribution in [2.75, 3.05) is 32.7 Å². The lowest BCUT2D eigenvalue weighted by Crippen LogP contribution is -2.49. The minimum atomic E-state index is -3.49. The summed E-state index contributed by atoms with van der Waals surface area (Å²) in [6.45, 7) is 10.7. The normalized spacial score (nSPS) is 16.7. The van der Waals surface area contributed by atoms with E-state index in [1.807, 2.05) is 38.1 Å². The van der Waals surface area contributed by atoms with Crippen LogP contribution in [0, 0.1) is 6.92 Å². The Morgan fingerprint density at radius 1 is 0.935 bits per heavy atom. The molecule has 0 aliphatic carbocycles. The molecule has 1 amide bonds. The average molecular weight is 444 g/mol. The summed E-state index contributed by atoms with van der Waals surface area (Å²) in [6.07, 6.45) is 0.935. The molecule has 1 N–H and O–H groups in total. The van der Waals surface area contributed by atoms with Gasteiger partial charge in [-0.2, -0.15) is 0 Å². The van der Waals surface area contributed by atoms with Crippen molar-refractivity contribution < 1.29 is 13.2 Å². The van der Waals surface area contributed by atoms with E-state index in [9.17, 15) is 13.2 Å². The summed E-state index contributed by atoms with van der Waals surface area (Å²) in [5.41, 5.74) is 2.12. The van der Waals surface area contributed by atoms with Crippen LogP contribution in [-0.2, 0) is 21.2 Å². The van der Waals surface area contributed by atoms with E-state index in [0.717, 1.165) is 50.3 Å². The topological polar surface area (TPSA) is 69.7 Å². The Bertz CT molecular complexity index is 964. The maximum atomic E-state index is 12.8. The van der Waals surface area contributed by atoms with Gasteiger partial charge in [0, 0.05) is 38.8 Å². The van der Waals surface area contributed by atoms with Crippen LogP contribution in [0.15, 0.2) is 58.3 Å². The molecule has 0 spiro atoms. The molecular formula is C24H33N3O3S. The lowest BCUT2D eigenvalue weighted by atomic mass is 10.2. The second-order valence-electron chi connectivity index (χ2n) is 8.39. The number of rotatable bonds is 8. The number of carbonyl (C=O) groups excluding carboxylic acids is 1.